The van der Waals surface area contributed by atoms with Crippen LogP contribution in [0.3, 0.4) is 0 Å². The maximum absolute atomic E-state index is 11.9. The number of nitrogens with zero attached hydrogens (tertiary/aromatic N) is 1. The highest BCUT2D eigenvalue weighted by Gasteiger charge is 2.09. The van der Waals surface area contributed by atoms with Gasteiger partial charge < -0.3 is 25.0 Å². The number of amides is 1. The normalized spacial score (nSPS) is 11.3. The SMILES string of the molecule is COc1ccc(OC[C@H](C)NC(=S)Nc2ccc(C(=O)N(C)C)cc2)cc1. The minimum atomic E-state index is -0.0356. The first kappa shape index (κ1) is 20.5. The van der Waals surface area contributed by atoms with Crippen molar-refractivity contribution in [3.05, 3.63) is 54.1 Å². The Kier molecular flexibility index (Phi) is 7.43. The molecule has 0 bridgehead atoms. The molecule has 0 saturated heterocycles. The quantitative estimate of drug-likeness (QED) is 0.712. The molecule has 0 radical (unpaired) electrons. The fraction of sp³-hybridized carbons (Fsp3) is 0.300. The van der Waals surface area contributed by atoms with Crippen LogP contribution in [0.5, 0.6) is 11.5 Å². The first-order chi connectivity index (χ1) is 12.9. The van der Waals surface area contributed by atoms with Gasteiger partial charge in [0.15, 0.2) is 5.11 Å². The third kappa shape index (κ3) is 6.45. The van der Waals surface area contributed by atoms with Crippen LogP contribution in [0.1, 0.15) is 17.3 Å². The summed E-state index contributed by atoms with van der Waals surface area (Å²) < 4.78 is 10.9. The summed E-state index contributed by atoms with van der Waals surface area (Å²) in [5.74, 6) is 1.52. The number of hydrogen-bond acceptors (Lipinski definition) is 4. The van der Waals surface area contributed by atoms with Crippen LogP contribution in [0.2, 0.25) is 0 Å². The zero-order chi connectivity index (χ0) is 19.8. The number of thiocarbonyl (C=S) groups is 1. The maximum Gasteiger partial charge on any atom is 0.253 e. The van der Waals surface area contributed by atoms with Crippen molar-refractivity contribution < 1.29 is 14.3 Å². The lowest BCUT2D eigenvalue weighted by molar-refractivity contribution is 0.0827. The van der Waals surface area contributed by atoms with Crippen molar-refractivity contribution in [3.8, 4) is 11.5 Å². The summed E-state index contributed by atoms with van der Waals surface area (Å²) in [5, 5.41) is 6.77. The van der Waals surface area contributed by atoms with Crippen LogP contribution >= 0.6 is 12.2 Å². The Labute approximate surface area is 165 Å². The first-order valence-corrected chi connectivity index (χ1v) is 8.96. The van der Waals surface area contributed by atoms with Crippen LogP contribution in [0.4, 0.5) is 5.69 Å². The Balaban J connectivity index is 1.79. The van der Waals surface area contributed by atoms with Gasteiger partial charge in [0.25, 0.3) is 5.91 Å². The number of nitrogens with one attached hydrogen (secondary N) is 2. The summed E-state index contributed by atoms with van der Waals surface area (Å²) in [7, 11) is 5.08. The predicted octanol–water partition coefficient (Wildman–Crippen LogP) is 3.15. The molecule has 2 rings (SSSR count). The molecule has 0 aliphatic carbocycles. The Bertz CT molecular complexity index is 761. The van der Waals surface area contributed by atoms with E-state index in [1.54, 1.807) is 38.2 Å². The second-order valence-electron chi connectivity index (χ2n) is 6.26. The minimum absolute atomic E-state index is 0.0155. The molecule has 144 valence electrons. The van der Waals surface area contributed by atoms with Gasteiger partial charge in [-0.15, -0.1) is 0 Å². The molecule has 2 N–H and O–H groups in total. The van der Waals surface area contributed by atoms with Crippen molar-refractivity contribution in [3.63, 3.8) is 0 Å². The summed E-state index contributed by atoms with van der Waals surface area (Å²) >= 11 is 5.33. The molecular formula is C20H25N3O3S. The van der Waals surface area contributed by atoms with E-state index in [-0.39, 0.29) is 11.9 Å². The maximum atomic E-state index is 11.9. The first-order valence-electron chi connectivity index (χ1n) is 8.55. The number of ether oxygens (including phenoxy) is 2. The minimum Gasteiger partial charge on any atom is -0.497 e. The van der Waals surface area contributed by atoms with E-state index >= 15 is 0 Å². The van der Waals surface area contributed by atoms with E-state index < -0.39 is 0 Å². The third-order valence-electron chi connectivity index (χ3n) is 3.73. The molecule has 27 heavy (non-hydrogen) atoms. The molecule has 2 aromatic rings. The lowest BCUT2D eigenvalue weighted by atomic mass is 10.2. The van der Waals surface area contributed by atoms with Gasteiger partial charge in [0.2, 0.25) is 0 Å². The molecule has 0 fully saturated rings. The van der Waals surface area contributed by atoms with Gasteiger partial charge in [-0.05, 0) is 67.7 Å². The highest BCUT2D eigenvalue weighted by Crippen LogP contribution is 2.17. The summed E-state index contributed by atoms with van der Waals surface area (Å²) in [6, 6.07) is 14.6. The largest absolute Gasteiger partial charge is 0.497 e. The average molecular weight is 388 g/mol. The standard InChI is InChI=1S/C20H25N3O3S/c1-14(13-26-18-11-9-17(25-4)10-12-18)21-20(27)22-16-7-5-15(6-8-16)19(24)23(2)3/h5-12,14H,13H2,1-4H3,(H2,21,22,27)/t14-/m0/s1. The highest BCUT2D eigenvalue weighted by molar-refractivity contribution is 7.80. The summed E-state index contributed by atoms with van der Waals surface area (Å²) in [5.41, 5.74) is 1.44. The Morgan fingerprint density at radius 1 is 1.07 bits per heavy atom. The number of rotatable bonds is 7. The summed E-state index contributed by atoms with van der Waals surface area (Å²) in [6.45, 7) is 2.45. The Hall–Kier alpha value is -2.80. The van der Waals surface area contributed by atoms with Gasteiger partial charge in [-0.25, -0.2) is 0 Å². The molecule has 7 heteroatoms. The van der Waals surface area contributed by atoms with E-state index in [1.165, 1.54) is 0 Å². The van der Waals surface area contributed by atoms with E-state index in [4.69, 9.17) is 21.7 Å². The Morgan fingerprint density at radius 2 is 1.67 bits per heavy atom. The lowest BCUT2D eigenvalue weighted by Crippen LogP contribution is -2.39. The Morgan fingerprint density at radius 3 is 2.22 bits per heavy atom. The number of carbonyl (C=O) groups excluding carboxylic acids is 1. The second-order valence-corrected chi connectivity index (χ2v) is 6.67. The molecule has 1 amide bonds. The molecule has 0 aliphatic rings. The van der Waals surface area contributed by atoms with Gasteiger partial charge in [-0.1, -0.05) is 0 Å². The summed E-state index contributed by atoms with van der Waals surface area (Å²) in [6.07, 6.45) is 0. The molecule has 0 saturated carbocycles. The average Bonchev–Trinajstić information content (AvgIpc) is 2.66. The monoisotopic (exact) mass is 387 g/mol. The van der Waals surface area contributed by atoms with Crippen LogP contribution in [0, 0.1) is 0 Å². The highest BCUT2D eigenvalue weighted by atomic mass is 32.1. The van der Waals surface area contributed by atoms with Crippen LogP contribution < -0.4 is 20.1 Å². The number of methoxy groups -OCH3 is 1. The zero-order valence-corrected chi connectivity index (χ0v) is 16.8. The smallest absolute Gasteiger partial charge is 0.253 e. The number of anilines is 1. The van der Waals surface area contributed by atoms with E-state index in [1.807, 2.05) is 43.3 Å². The molecule has 1 atom stereocenters. The topological polar surface area (TPSA) is 62.8 Å². The van der Waals surface area contributed by atoms with Crippen LogP contribution in [0.25, 0.3) is 0 Å². The summed E-state index contributed by atoms with van der Waals surface area (Å²) in [4.78, 5) is 13.4. The predicted molar refractivity (Wildman–Crippen MR) is 112 cm³/mol. The number of carbonyl (C=O) groups is 1. The van der Waals surface area contributed by atoms with Crippen LogP contribution in [-0.2, 0) is 0 Å². The van der Waals surface area contributed by atoms with E-state index in [2.05, 4.69) is 10.6 Å². The van der Waals surface area contributed by atoms with Crippen molar-refractivity contribution in [2.45, 2.75) is 13.0 Å². The third-order valence-corrected chi connectivity index (χ3v) is 3.95. The molecule has 2 aromatic carbocycles. The van der Waals surface area contributed by atoms with Crippen LogP contribution in [-0.4, -0.2) is 49.8 Å². The van der Waals surface area contributed by atoms with Gasteiger partial charge in [-0.3, -0.25) is 4.79 Å². The van der Waals surface area contributed by atoms with Crippen molar-refractivity contribution in [2.75, 3.05) is 33.1 Å². The van der Waals surface area contributed by atoms with Gasteiger partial charge in [-0.2, -0.15) is 0 Å². The van der Waals surface area contributed by atoms with Crippen molar-refractivity contribution in [2.24, 2.45) is 0 Å². The van der Waals surface area contributed by atoms with Gasteiger partial charge >= 0.3 is 0 Å². The number of benzene rings is 2. The molecule has 0 aliphatic heterocycles. The fourth-order valence-corrected chi connectivity index (χ4v) is 2.60. The van der Waals surface area contributed by atoms with Gasteiger partial charge in [0.05, 0.1) is 13.2 Å². The van der Waals surface area contributed by atoms with Crippen LogP contribution in [0.15, 0.2) is 48.5 Å². The van der Waals surface area contributed by atoms with Crippen molar-refractivity contribution in [1.82, 2.24) is 10.2 Å². The molecule has 6 nitrogen and oxygen atoms in total. The van der Waals surface area contributed by atoms with Gasteiger partial charge in [0, 0.05) is 25.3 Å². The fourth-order valence-electron chi connectivity index (χ4n) is 2.28. The zero-order valence-electron chi connectivity index (χ0n) is 16.0. The lowest BCUT2D eigenvalue weighted by Gasteiger charge is -2.18. The number of hydrogen-bond donors (Lipinski definition) is 2. The van der Waals surface area contributed by atoms with E-state index in [9.17, 15) is 4.79 Å². The van der Waals surface area contributed by atoms with Crippen molar-refractivity contribution in [1.29, 1.82) is 0 Å². The molecule has 0 heterocycles. The molecule has 0 aromatic heterocycles. The van der Waals surface area contributed by atoms with Crippen molar-refractivity contribution >= 4 is 28.9 Å². The van der Waals surface area contributed by atoms with E-state index in [0.29, 0.717) is 17.3 Å². The van der Waals surface area contributed by atoms with Gasteiger partial charge in [0.1, 0.15) is 18.1 Å². The second kappa shape index (κ2) is 9.78. The molecule has 0 unspecified atom stereocenters. The molecular weight excluding hydrogens is 362 g/mol. The molecule has 0 spiro atoms. The van der Waals surface area contributed by atoms with E-state index in [0.717, 1.165) is 17.2 Å².